The van der Waals surface area contributed by atoms with Gasteiger partial charge in [0.05, 0.1) is 5.69 Å². The highest BCUT2D eigenvalue weighted by Gasteiger charge is 1.89. The van der Waals surface area contributed by atoms with E-state index in [1.54, 1.807) is 54.9 Å². The third kappa shape index (κ3) is 5.24. The fourth-order valence-electron chi connectivity index (χ4n) is 1.61. The van der Waals surface area contributed by atoms with Crippen molar-refractivity contribution in [2.24, 2.45) is 4.99 Å². The van der Waals surface area contributed by atoms with Gasteiger partial charge in [0, 0.05) is 30.2 Å². The van der Waals surface area contributed by atoms with Gasteiger partial charge in [-0.3, -0.25) is 4.99 Å². The Bertz CT molecular complexity index is 676. The molecule has 4 heteroatoms. The summed E-state index contributed by atoms with van der Waals surface area (Å²) >= 11 is 0. The predicted molar refractivity (Wildman–Crippen MR) is 86.3 cm³/mol. The topological polar surface area (TPSA) is 64.9 Å². The number of allylic oxidation sites excluding steroid dienone is 3. The molecule has 0 fully saturated rings. The van der Waals surface area contributed by atoms with Crippen LogP contribution >= 0.6 is 0 Å². The van der Waals surface area contributed by atoms with Crippen molar-refractivity contribution in [2.45, 2.75) is 0 Å². The molecule has 0 aliphatic carbocycles. The van der Waals surface area contributed by atoms with Crippen molar-refractivity contribution in [2.75, 3.05) is 5.32 Å². The molecule has 0 atom stereocenters. The van der Waals surface area contributed by atoms with Crippen molar-refractivity contribution in [3.05, 3.63) is 73.0 Å². The Balaban J connectivity index is 1.81. The fourth-order valence-corrected chi connectivity index (χ4v) is 1.61. The minimum absolute atomic E-state index is 0.198. The van der Waals surface area contributed by atoms with Gasteiger partial charge in [-0.25, -0.2) is 0 Å². The summed E-state index contributed by atoms with van der Waals surface area (Å²) in [6, 6.07) is 13.6. The lowest BCUT2D eigenvalue weighted by Crippen LogP contribution is -1.85. The minimum atomic E-state index is 0.198. The van der Waals surface area contributed by atoms with E-state index < -0.39 is 0 Å². The minimum Gasteiger partial charge on any atom is -0.508 e. The summed E-state index contributed by atoms with van der Waals surface area (Å²) in [7, 11) is 0. The van der Waals surface area contributed by atoms with Crippen LogP contribution in [0, 0.1) is 0 Å². The predicted octanol–water partition coefficient (Wildman–Crippen LogP) is 3.98. The van der Waals surface area contributed by atoms with Crippen LogP contribution in [0.3, 0.4) is 0 Å². The molecule has 2 aromatic carbocycles. The van der Waals surface area contributed by atoms with E-state index in [9.17, 15) is 10.2 Å². The van der Waals surface area contributed by atoms with Crippen LogP contribution < -0.4 is 5.32 Å². The molecule has 0 bridgehead atoms. The number of phenolic OH excluding ortho intramolecular Hbond substituents is 2. The molecule has 0 aliphatic rings. The zero-order valence-corrected chi connectivity index (χ0v) is 11.3. The molecular weight excluding hydrogens is 264 g/mol. The van der Waals surface area contributed by atoms with E-state index in [-0.39, 0.29) is 11.5 Å². The first kappa shape index (κ1) is 14.4. The first-order valence-electron chi connectivity index (χ1n) is 6.44. The molecule has 3 N–H and O–H groups in total. The molecule has 0 saturated heterocycles. The van der Waals surface area contributed by atoms with Crippen LogP contribution in [0.25, 0.3) is 0 Å². The molecule has 0 saturated carbocycles. The molecule has 0 aromatic heterocycles. The zero-order chi connectivity index (χ0) is 14.9. The van der Waals surface area contributed by atoms with Crippen molar-refractivity contribution in [1.82, 2.24) is 0 Å². The van der Waals surface area contributed by atoms with Crippen molar-refractivity contribution in [3.8, 4) is 11.5 Å². The second-order valence-corrected chi connectivity index (χ2v) is 4.24. The van der Waals surface area contributed by atoms with Gasteiger partial charge in [0.15, 0.2) is 0 Å². The number of benzene rings is 2. The van der Waals surface area contributed by atoms with Gasteiger partial charge in [-0.15, -0.1) is 0 Å². The van der Waals surface area contributed by atoms with Gasteiger partial charge in [0.25, 0.3) is 0 Å². The van der Waals surface area contributed by atoms with Gasteiger partial charge in [-0.1, -0.05) is 18.2 Å². The summed E-state index contributed by atoms with van der Waals surface area (Å²) in [6.07, 6.45) is 8.83. The number of phenols is 2. The number of anilines is 1. The number of rotatable bonds is 5. The van der Waals surface area contributed by atoms with Crippen LogP contribution in [0.4, 0.5) is 11.4 Å². The van der Waals surface area contributed by atoms with Crippen LogP contribution in [-0.4, -0.2) is 16.4 Å². The van der Waals surface area contributed by atoms with Crippen molar-refractivity contribution < 1.29 is 10.2 Å². The number of nitrogens with one attached hydrogen (secondary N) is 1. The van der Waals surface area contributed by atoms with Crippen LogP contribution in [0.15, 0.2) is 78.0 Å². The summed E-state index contributed by atoms with van der Waals surface area (Å²) in [5.41, 5.74) is 1.51. The van der Waals surface area contributed by atoms with E-state index in [2.05, 4.69) is 10.3 Å². The molecule has 2 rings (SSSR count). The summed E-state index contributed by atoms with van der Waals surface area (Å²) in [4.78, 5) is 4.18. The van der Waals surface area contributed by atoms with Crippen LogP contribution in [0.1, 0.15) is 0 Å². The Morgan fingerprint density at radius 1 is 0.857 bits per heavy atom. The molecule has 0 unspecified atom stereocenters. The third-order valence-electron chi connectivity index (χ3n) is 2.55. The maximum atomic E-state index is 9.30. The van der Waals surface area contributed by atoms with Gasteiger partial charge >= 0.3 is 0 Å². The average molecular weight is 280 g/mol. The molecule has 21 heavy (non-hydrogen) atoms. The fraction of sp³-hybridized carbons (Fsp3) is 0. The highest BCUT2D eigenvalue weighted by molar-refractivity contribution is 5.75. The number of hydrogen-bond acceptors (Lipinski definition) is 4. The third-order valence-corrected chi connectivity index (χ3v) is 2.55. The van der Waals surface area contributed by atoms with Crippen molar-refractivity contribution >= 4 is 17.6 Å². The monoisotopic (exact) mass is 280 g/mol. The molecule has 0 spiro atoms. The Labute approximate surface area is 123 Å². The molecule has 0 aliphatic heterocycles. The number of hydrogen-bond donors (Lipinski definition) is 3. The molecule has 4 nitrogen and oxygen atoms in total. The summed E-state index contributed by atoms with van der Waals surface area (Å²) < 4.78 is 0. The maximum absolute atomic E-state index is 9.30. The largest absolute Gasteiger partial charge is 0.508 e. The van der Waals surface area contributed by atoms with Gasteiger partial charge < -0.3 is 15.5 Å². The van der Waals surface area contributed by atoms with Gasteiger partial charge in [0.2, 0.25) is 0 Å². The van der Waals surface area contributed by atoms with E-state index in [1.807, 2.05) is 24.3 Å². The Hall–Kier alpha value is -3.01. The van der Waals surface area contributed by atoms with Gasteiger partial charge in [0.1, 0.15) is 11.5 Å². The molecular formula is C17H16N2O2. The molecule has 0 amide bonds. The van der Waals surface area contributed by atoms with Crippen LogP contribution in [-0.2, 0) is 0 Å². The first-order chi connectivity index (χ1) is 10.2. The van der Waals surface area contributed by atoms with Crippen molar-refractivity contribution in [3.63, 3.8) is 0 Å². The maximum Gasteiger partial charge on any atom is 0.117 e. The van der Waals surface area contributed by atoms with Gasteiger partial charge in [-0.05, 0) is 36.4 Å². The highest BCUT2D eigenvalue weighted by atomic mass is 16.3. The molecule has 2 aromatic rings. The van der Waals surface area contributed by atoms with Crippen molar-refractivity contribution in [1.29, 1.82) is 0 Å². The van der Waals surface area contributed by atoms with E-state index in [0.717, 1.165) is 5.69 Å². The molecule has 0 radical (unpaired) electrons. The Kier molecular flexibility index (Phi) is 5.18. The summed E-state index contributed by atoms with van der Waals surface area (Å²) in [5, 5.41) is 21.6. The van der Waals surface area contributed by atoms with E-state index in [0.29, 0.717) is 5.69 Å². The number of aromatic hydroxyl groups is 2. The second-order valence-electron chi connectivity index (χ2n) is 4.24. The number of aliphatic imine (C=N–C) groups is 1. The lowest BCUT2D eigenvalue weighted by molar-refractivity contribution is 0.475. The Morgan fingerprint density at radius 2 is 1.62 bits per heavy atom. The normalized spacial score (nSPS) is 11.6. The summed E-state index contributed by atoms with van der Waals surface area (Å²) in [6.45, 7) is 0. The van der Waals surface area contributed by atoms with E-state index >= 15 is 0 Å². The molecule has 106 valence electrons. The van der Waals surface area contributed by atoms with E-state index in [1.165, 1.54) is 0 Å². The highest BCUT2D eigenvalue weighted by Crippen LogP contribution is 2.17. The molecule has 0 heterocycles. The van der Waals surface area contributed by atoms with Crippen LogP contribution in [0.5, 0.6) is 11.5 Å². The smallest absolute Gasteiger partial charge is 0.117 e. The van der Waals surface area contributed by atoms with E-state index in [4.69, 9.17) is 0 Å². The SMILES string of the molecule is Oc1cccc(N=CC=CC=CNc2cccc(O)c2)c1. The lowest BCUT2D eigenvalue weighted by Gasteiger charge is -1.99. The quantitative estimate of drug-likeness (QED) is 0.573. The van der Waals surface area contributed by atoms with Crippen LogP contribution in [0.2, 0.25) is 0 Å². The standard InChI is InChI=1S/C17H16N2O2/c20-16-8-4-6-14(12-16)18-10-2-1-3-11-19-15-7-5-9-17(21)13-15/h1-13,18,20-21H. The lowest BCUT2D eigenvalue weighted by atomic mass is 10.3. The summed E-state index contributed by atoms with van der Waals surface area (Å²) in [5.74, 6) is 0.422. The van der Waals surface area contributed by atoms with Gasteiger partial charge in [-0.2, -0.15) is 0 Å². The first-order valence-corrected chi connectivity index (χ1v) is 6.44. The zero-order valence-electron chi connectivity index (χ0n) is 11.3. The average Bonchev–Trinajstić information content (AvgIpc) is 2.46. The Morgan fingerprint density at radius 3 is 2.38 bits per heavy atom. The number of nitrogens with zero attached hydrogens (tertiary/aromatic N) is 1. The second kappa shape index (κ2) is 7.55.